The van der Waals surface area contributed by atoms with Crippen molar-refractivity contribution in [2.24, 2.45) is 5.92 Å². The Morgan fingerprint density at radius 1 is 1.16 bits per heavy atom. The number of carbonyl (C=O) groups excluding carboxylic acids is 3. The molecule has 6 heteroatoms. The molecule has 0 aromatic heterocycles. The lowest BCUT2D eigenvalue weighted by Crippen LogP contribution is -2.37. The largest absolute Gasteiger partial charge is 0.468 e. The van der Waals surface area contributed by atoms with Gasteiger partial charge in [-0.25, -0.2) is 0 Å². The summed E-state index contributed by atoms with van der Waals surface area (Å²) in [5, 5.41) is 2.61. The van der Waals surface area contributed by atoms with E-state index in [1.165, 1.54) is 14.2 Å². The van der Waals surface area contributed by atoms with E-state index in [2.05, 4.69) is 14.8 Å². The Hall–Kier alpha value is -2.37. The van der Waals surface area contributed by atoms with Crippen LogP contribution in [0.1, 0.15) is 22.0 Å². The van der Waals surface area contributed by atoms with Crippen LogP contribution in [-0.2, 0) is 19.1 Å². The van der Waals surface area contributed by atoms with E-state index in [0.29, 0.717) is 11.1 Å². The molecule has 1 aliphatic heterocycles. The number of nitrogens with one attached hydrogen (secondary N) is 1. The van der Waals surface area contributed by atoms with Gasteiger partial charge in [-0.05, 0) is 11.6 Å². The molecule has 1 amide bonds. The SMILES string of the molecule is COC(=O)C(C(=O)OC)[C@@H]1NC(=O)c2ccccc21. The minimum Gasteiger partial charge on any atom is -0.468 e. The number of methoxy groups -OCH3 is 2. The number of amides is 1. The van der Waals surface area contributed by atoms with E-state index in [1.807, 2.05) is 0 Å². The van der Waals surface area contributed by atoms with Crippen LogP contribution in [0.5, 0.6) is 0 Å². The molecule has 0 saturated carbocycles. The van der Waals surface area contributed by atoms with E-state index in [-0.39, 0.29) is 5.91 Å². The maximum Gasteiger partial charge on any atom is 0.322 e. The minimum absolute atomic E-state index is 0.321. The third-order valence-corrected chi connectivity index (χ3v) is 3.07. The molecule has 1 aromatic rings. The monoisotopic (exact) mass is 263 g/mol. The van der Waals surface area contributed by atoms with Gasteiger partial charge in [-0.15, -0.1) is 0 Å². The summed E-state index contributed by atoms with van der Waals surface area (Å²) in [7, 11) is 2.36. The van der Waals surface area contributed by atoms with Crippen LogP contribution >= 0.6 is 0 Å². The van der Waals surface area contributed by atoms with Gasteiger partial charge in [0, 0.05) is 5.56 Å². The van der Waals surface area contributed by atoms with Crippen molar-refractivity contribution in [3.8, 4) is 0 Å². The highest BCUT2D eigenvalue weighted by molar-refractivity contribution is 6.03. The third-order valence-electron chi connectivity index (χ3n) is 3.07. The average Bonchev–Trinajstić information content (AvgIpc) is 2.76. The summed E-state index contributed by atoms with van der Waals surface area (Å²) in [4.78, 5) is 35.3. The zero-order chi connectivity index (χ0) is 14.0. The van der Waals surface area contributed by atoms with Gasteiger partial charge in [0.25, 0.3) is 5.91 Å². The molecule has 0 fully saturated rings. The number of hydrogen-bond acceptors (Lipinski definition) is 5. The van der Waals surface area contributed by atoms with Crippen LogP contribution in [0.2, 0.25) is 0 Å². The molecule has 1 aromatic carbocycles. The van der Waals surface area contributed by atoms with Crippen molar-refractivity contribution >= 4 is 17.8 Å². The first-order valence-electron chi connectivity index (χ1n) is 5.65. The molecule has 0 radical (unpaired) electrons. The van der Waals surface area contributed by atoms with Gasteiger partial charge in [0.05, 0.1) is 20.3 Å². The minimum atomic E-state index is -1.21. The number of benzene rings is 1. The Bertz CT molecular complexity index is 524. The summed E-state index contributed by atoms with van der Waals surface area (Å²) in [6, 6.07) is 6.01. The Morgan fingerprint density at radius 2 is 1.74 bits per heavy atom. The van der Waals surface area contributed by atoms with Crippen molar-refractivity contribution in [3.05, 3.63) is 35.4 Å². The van der Waals surface area contributed by atoms with Gasteiger partial charge < -0.3 is 14.8 Å². The van der Waals surface area contributed by atoms with Crippen molar-refractivity contribution in [3.63, 3.8) is 0 Å². The van der Waals surface area contributed by atoms with Gasteiger partial charge in [-0.2, -0.15) is 0 Å². The molecule has 0 spiro atoms. The van der Waals surface area contributed by atoms with Crippen LogP contribution in [0.25, 0.3) is 0 Å². The molecule has 0 saturated heterocycles. The second-order valence-electron chi connectivity index (χ2n) is 4.06. The highest BCUT2D eigenvalue weighted by atomic mass is 16.5. The fourth-order valence-electron chi connectivity index (χ4n) is 2.16. The summed E-state index contributed by atoms with van der Waals surface area (Å²) >= 11 is 0. The molecule has 0 unspecified atom stereocenters. The lowest BCUT2D eigenvalue weighted by molar-refractivity contribution is -0.160. The highest BCUT2D eigenvalue weighted by Crippen LogP contribution is 2.32. The molecule has 6 nitrogen and oxygen atoms in total. The molecule has 2 rings (SSSR count). The molecule has 1 heterocycles. The molecule has 0 aliphatic carbocycles. The lowest BCUT2D eigenvalue weighted by Gasteiger charge is -2.19. The van der Waals surface area contributed by atoms with E-state index < -0.39 is 23.9 Å². The van der Waals surface area contributed by atoms with Gasteiger partial charge in [-0.3, -0.25) is 14.4 Å². The number of ether oxygens (including phenoxy) is 2. The number of esters is 2. The maximum atomic E-state index is 11.8. The van der Waals surface area contributed by atoms with Crippen molar-refractivity contribution in [2.45, 2.75) is 6.04 Å². The Balaban J connectivity index is 2.42. The number of fused-ring (bicyclic) bond motifs is 1. The lowest BCUT2D eigenvalue weighted by atomic mass is 9.93. The van der Waals surface area contributed by atoms with Crippen LogP contribution in [0.4, 0.5) is 0 Å². The molecule has 1 N–H and O–H groups in total. The molecular weight excluding hydrogens is 250 g/mol. The molecule has 1 aliphatic rings. The fourth-order valence-corrected chi connectivity index (χ4v) is 2.16. The first-order valence-corrected chi connectivity index (χ1v) is 5.65. The Morgan fingerprint density at radius 3 is 2.32 bits per heavy atom. The molecule has 0 bridgehead atoms. The van der Waals surface area contributed by atoms with Crippen LogP contribution in [0, 0.1) is 5.92 Å². The number of carbonyl (C=O) groups is 3. The zero-order valence-electron chi connectivity index (χ0n) is 10.5. The summed E-state index contributed by atoms with van der Waals surface area (Å²) in [5.74, 6) is -3.01. The normalized spacial score (nSPS) is 16.8. The topological polar surface area (TPSA) is 81.7 Å². The highest BCUT2D eigenvalue weighted by Gasteiger charge is 2.43. The second-order valence-corrected chi connectivity index (χ2v) is 4.06. The van der Waals surface area contributed by atoms with Gasteiger partial charge in [0.15, 0.2) is 5.92 Å². The van der Waals surface area contributed by atoms with Crippen molar-refractivity contribution in [1.29, 1.82) is 0 Å². The first-order chi connectivity index (χ1) is 9.10. The summed E-state index contributed by atoms with van der Waals surface area (Å²) in [5.41, 5.74) is 1.04. The standard InChI is InChI=1S/C13H13NO5/c1-18-12(16)9(13(17)19-2)10-7-5-3-4-6-8(7)11(15)14-10/h3-6,9-10H,1-2H3,(H,14,15)/t10-/m1/s1. The predicted octanol–water partition coefficient (Wildman–Crippen LogP) is 0.433. The van der Waals surface area contributed by atoms with Crippen molar-refractivity contribution < 1.29 is 23.9 Å². The number of hydrogen-bond donors (Lipinski definition) is 1. The van der Waals surface area contributed by atoms with E-state index in [4.69, 9.17) is 0 Å². The van der Waals surface area contributed by atoms with Gasteiger partial charge in [-0.1, -0.05) is 18.2 Å². The van der Waals surface area contributed by atoms with Crippen molar-refractivity contribution in [2.75, 3.05) is 14.2 Å². The van der Waals surface area contributed by atoms with Crippen molar-refractivity contribution in [1.82, 2.24) is 5.32 Å². The predicted molar refractivity (Wildman–Crippen MR) is 64.2 cm³/mol. The van der Waals surface area contributed by atoms with Crippen LogP contribution in [-0.4, -0.2) is 32.1 Å². The van der Waals surface area contributed by atoms with E-state index in [9.17, 15) is 14.4 Å². The fraction of sp³-hybridized carbons (Fsp3) is 0.308. The van der Waals surface area contributed by atoms with Gasteiger partial charge in [0.1, 0.15) is 0 Å². The van der Waals surface area contributed by atoms with Crippen LogP contribution in [0.3, 0.4) is 0 Å². The molecule has 19 heavy (non-hydrogen) atoms. The van der Waals surface area contributed by atoms with E-state index in [1.54, 1.807) is 24.3 Å². The third kappa shape index (κ3) is 2.16. The Kier molecular flexibility index (Phi) is 3.50. The van der Waals surface area contributed by atoms with Gasteiger partial charge in [0.2, 0.25) is 0 Å². The van der Waals surface area contributed by atoms with E-state index >= 15 is 0 Å². The first kappa shape index (κ1) is 13.1. The number of rotatable bonds is 3. The Labute approximate surface area is 109 Å². The summed E-state index contributed by atoms with van der Waals surface area (Å²) in [6.07, 6.45) is 0. The maximum absolute atomic E-state index is 11.8. The molecular formula is C13H13NO5. The zero-order valence-corrected chi connectivity index (χ0v) is 10.5. The van der Waals surface area contributed by atoms with Crippen LogP contribution in [0.15, 0.2) is 24.3 Å². The van der Waals surface area contributed by atoms with Gasteiger partial charge >= 0.3 is 11.9 Å². The van der Waals surface area contributed by atoms with Crippen LogP contribution < -0.4 is 5.32 Å². The second kappa shape index (κ2) is 5.09. The molecule has 100 valence electrons. The quantitative estimate of drug-likeness (QED) is 0.632. The van der Waals surface area contributed by atoms with E-state index in [0.717, 1.165) is 0 Å². The summed E-state index contributed by atoms with van der Waals surface area (Å²) < 4.78 is 9.21. The summed E-state index contributed by atoms with van der Waals surface area (Å²) in [6.45, 7) is 0. The molecule has 1 atom stereocenters. The average molecular weight is 263 g/mol. The smallest absolute Gasteiger partial charge is 0.322 e.